The van der Waals surface area contributed by atoms with Crippen LogP contribution in [0.5, 0.6) is 5.75 Å². The number of anilines is 1. The standard InChI is InChI=1S/C18H25N5O3/c1-10-13(7-8-25-3)16(24)22-18(19-10)23-17-20-11(2)14-9-12(26-4)5-6-15(14)21-17/h5-6,9-10,13,18-19H,7-8H2,1-4H3,(H,22,24)(H,20,21,23). The lowest BCUT2D eigenvalue weighted by molar-refractivity contribution is -0.129. The predicted molar refractivity (Wildman–Crippen MR) is 99.0 cm³/mol. The van der Waals surface area contributed by atoms with E-state index in [1.165, 1.54) is 0 Å². The third-order valence-electron chi connectivity index (χ3n) is 4.66. The number of carbonyl (C=O) groups is 1. The summed E-state index contributed by atoms with van der Waals surface area (Å²) in [4.78, 5) is 21.4. The second-order valence-electron chi connectivity index (χ2n) is 6.44. The Kier molecular flexibility index (Phi) is 5.53. The van der Waals surface area contributed by atoms with Gasteiger partial charge in [-0.2, -0.15) is 0 Å². The van der Waals surface area contributed by atoms with E-state index in [2.05, 4.69) is 25.9 Å². The van der Waals surface area contributed by atoms with Crippen molar-refractivity contribution in [3.05, 3.63) is 23.9 Å². The largest absolute Gasteiger partial charge is 0.497 e. The van der Waals surface area contributed by atoms with Crippen molar-refractivity contribution in [3.63, 3.8) is 0 Å². The number of benzene rings is 1. The van der Waals surface area contributed by atoms with Crippen LogP contribution in [0, 0.1) is 12.8 Å². The van der Waals surface area contributed by atoms with Crippen molar-refractivity contribution in [2.45, 2.75) is 32.6 Å². The summed E-state index contributed by atoms with van der Waals surface area (Å²) in [6.07, 6.45) is 0.253. The molecule has 26 heavy (non-hydrogen) atoms. The predicted octanol–water partition coefficient (Wildman–Crippen LogP) is 1.40. The van der Waals surface area contributed by atoms with E-state index in [4.69, 9.17) is 9.47 Å². The van der Waals surface area contributed by atoms with Crippen molar-refractivity contribution in [2.24, 2.45) is 5.92 Å². The lowest BCUT2D eigenvalue weighted by Gasteiger charge is -2.35. The number of rotatable bonds is 6. The van der Waals surface area contributed by atoms with Gasteiger partial charge >= 0.3 is 0 Å². The van der Waals surface area contributed by atoms with E-state index in [0.29, 0.717) is 19.0 Å². The van der Waals surface area contributed by atoms with Gasteiger partial charge in [-0.25, -0.2) is 9.97 Å². The second-order valence-corrected chi connectivity index (χ2v) is 6.44. The van der Waals surface area contributed by atoms with E-state index >= 15 is 0 Å². The van der Waals surface area contributed by atoms with E-state index in [1.807, 2.05) is 32.0 Å². The van der Waals surface area contributed by atoms with E-state index < -0.39 is 6.29 Å². The molecule has 0 spiro atoms. The Morgan fingerprint density at radius 1 is 1.27 bits per heavy atom. The quantitative estimate of drug-likeness (QED) is 0.717. The van der Waals surface area contributed by atoms with Gasteiger partial charge in [-0.15, -0.1) is 0 Å². The molecule has 0 saturated carbocycles. The molecule has 8 heteroatoms. The summed E-state index contributed by atoms with van der Waals surface area (Å²) in [6, 6.07) is 5.69. The summed E-state index contributed by atoms with van der Waals surface area (Å²) in [5.41, 5.74) is 1.65. The van der Waals surface area contributed by atoms with Gasteiger partial charge in [-0.05, 0) is 38.5 Å². The Morgan fingerprint density at radius 2 is 2.08 bits per heavy atom. The molecule has 2 heterocycles. The van der Waals surface area contributed by atoms with Crippen LogP contribution in [-0.4, -0.2) is 49.0 Å². The summed E-state index contributed by atoms with van der Waals surface area (Å²) in [7, 11) is 3.27. The summed E-state index contributed by atoms with van der Waals surface area (Å²) < 4.78 is 10.3. The number of aromatic nitrogens is 2. The molecular formula is C18H25N5O3. The van der Waals surface area contributed by atoms with Crippen LogP contribution in [0.15, 0.2) is 18.2 Å². The fourth-order valence-corrected chi connectivity index (χ4v) is 3.18. The van der Waals surface area contributed by atoms with Crippen molar-refractivity contribution in [1.82, 2.24) is 20.6 Å². The molecule has 1 aromatic heterocycles. The molecule has 0 radical (unpaired) electrons. The zero-order chi connectivity index (χ0) is 18.7. The molecule has 1 saturated heterocycles. The van der Waals surface area contributed by atoms with E-state index in [1.54, 1.807) is 14.2 Å². The summed E-state index contributed by atoms with van der Waals surface area (Å²) >= 11 is 0. The Hall–Kier alpha value is -2.45. The lowest BCUT2D eigenvalue weighted by Crippen LogP contribution is -2.63. The average Bonchev–Trinajstić information content (AvgIpc) is 2.61. The first-order chi connectivity index (χ1) is 12.5. The van der Waals surface area contributed by atoms with Crippen molar-refractivity contribution in [2.75, 3.05) is 26.1 Å². The average molecular weight is 359 g/mol. The fourth-order valence-electron chi connectivity index (χ4n) is 3.18. The number of ether oxygens (including phenoxy) is 2. The first kappa shape index (κ1) is 18.3. The minimum absolute atomic E-state index is 0.00644. The van der Waals surface area contributed by atoms with Crippen LogP contribution < -0.4 is 20.7 Å². The highest BCUT2D eigenvalue weighted by atomic mass is 16.5. The number of amides is 1. The molecule has 0 aliphatic carbocycles. The summed E-state index contributed by atoms with van der Waals surface area (Å²) in [5, 5.41) is 10.4. The van der Waals surface area contributed by atoms with Crippen molar-refractivity contribution >= 4 is 22.8 Å². The number of hydrogen-bond donors (Lipinski definition) is 3. The molecule has 1 aliphatic heterocycles. The van der Waals surface area contributed by atoms with Crippen molar-refractivity contribution in [1.29, 1.82) is 0 Å². The Bertz CT molecular complexity index is 798. The van der Waals surface area contributed by atoms with Gasteiger partial charge in [-0.1, -0.05) is 0 Å². The van der Waals surface area contributed by atoms with Crippen LogP contribution in [0.2, 0.25) is 0 Å². The third-order valence-corrected chi connectivity index (χ3v) is 4.66. The number of methoxy groups -OCH3 is 2. The van der Waals surface area contributed by atoms with Gasteiger partial charge in [-0.3, -0.25) is 10.1 Å². The molecule has 8 nitrogen and oxygen atoms in total. The van der Waals surface area contributed by atoms with Gasteiger partial charge < -0.3 is 20.1 Å². The molecule has 1 amide bonds. The number of nitrogens with zero attached hydrogens (tertiary/aromatic N) is 2. The van der Waals surface area contributed by atoms with E-state index in [-0.39, 0.29) is 17.9 Å². The molecular weight excluding hydrogens is 334 g/mol. The van der Waals surface area contributed by atoms with Gasteiger partial charge in [0.2, 0.25) is 11.9 Å². The minimum Gasteiger partial charge on any atom is -0.497 e. The zero-order valence-electron chi connectivity index (χ0n) is 15.5. The van der Waals surface area contributed by atoms with Gasteiger partial charge in [0.25, 0.3) is 0 Å². The number of carbonyl (C=O) groups excluding carboxylic acids is 1. The zero-order valence-corrected chi connectivity index (χ0v) is 15.5. The molecule has 140 valence electrons. The van der Waals surface area contributed by atoms with Gasteiger partial charge in [0.1, 0.15) is 5.75 Å². The highest BCUT2D eigenvalue weighted by Crippen LogP contribution is 2.23. The Labute approximate surface area is 152 Å². The van der Waals surface area contributed by atoms with Gasteiger partial charge in [0.15, 0.2) is 6.29 Å². The molecule has 2 aromatic rings. The van der Waals surface area contributed by atoms with E-state index in [9.17, 15) is 4.79 Å². The van der Waals surface area contributed by atoms with Gasteiger partial charge in [0, 0.05) is 25.1 Å². The smallest absolute Gasteiger partial charge is 0.227 e. The maximum absolute atomic E-state index is 12.4. The Balaban J connectivity index is 1.74. The fraction of sp³-hybridized carbons (Fsp3) is 0.500. The van der Waals surface area contributed by atoms with Crippen LogP contribution in [0.25, 0.3) is 10.9 Å². The molecule has 3 atom stereocenters. The molecule has 3 rings (SSSR count). The minimum atomic E-state index is -0.425. The van der Waals surface area contributed by atoms with Crippen LogP contribution >= 0.6 is 0 Å². The Morgan fingerprint density at radius 3 is 2.77 bits per heavy atom. The third kappa shape index (κ3) is 3.86. The monoisotopic (exact) mass is 359 g/mol. The second kappa shape index (κ2) is 7.84. The van der Waals surface area contributed by atoms with Crippen LogP contribution in [0.4, 0.5) is 5.95 Å². The number of aryl methyl sites for hydroxylation is 1. The van der Waals surface area contributed by atoms with Crippen LogP contribution in [0.3, 0.4) is 0 Å². The van der Waals surface area contributed by atoms with Crippen molar-refractivity contribution in [3.8, 4) is 5.75 Å². The van der Waals surface area contributed by atoms with E-state index in [0.717, 1.165) is 22.3 Å². The molecule has 3 N–H and O–H groups in total. The maximum atomic E-state index is 12.4. The first-order valence-electron chi connectivity index (χ1n) is 8.66. The molecule has 1 fully saturated rings. The van der Waals surface area contributed by atoms with Crippen molar-refractivity contribution < 1.29 is 14.3 Å². The van der Waals surface area contributed by atoms with Crippen LogP contribution in [-0.2, 0) is 9.53 Å². The topological polar surface area (TPSA) is 97.4 Å². The first-order valence-corrected chi connectivity index (χ1v) is 8.66. The molecule has 3 unspecified atom stereocenters. The SMILES string of the molecule is COCCC1C(=O)NC(Nc2nc(C)c3cc(OC)ccc3n2)NC1C. The summed E-state index contributed by atoms with van der Waals surface area (Å²) in [6.45, 7) is 4.47. The number of fused-ring (bicyclic) bond motifs is 1. The van der Waals surface area contributed by atoms with Gasteiger partial charge in [0.05, 0.1) is 24.2 Å². The number of hydrogen-bond acceptors (Lipinski definition) is 7. The molecule has 1 aromatic carbocycles. The normalized spacial score (nSPS) is 22.9. The maximum Gasteiger partial charge on any atom is 0.227 e. The van der Waals surface area contributed by atoms with Crippen LogP contribution in [0.1, 0.15) is 19.0 Å². The summed E-state index contributed by atoms with van der Waals surface area (Å²) in [5.74, 6) is 1.09. The molecule has 0 bridgehead atoms. The highest BCUT2D eigenvalue weighted by Gasteiger charge is 2.33. The number of nitrogens with one attached hydrogen (secondary N) is 3. The molecule has 1 aliphatic rings. The highest BCUT2D eigenvalue weighted by molar-refractivity contribution is 5.83. The lowest BCUT2D eigenvalue weighted by atomic mass is 9.95.